The first-order chi connectivity index (χ1) is 7.27. The van der Waals surface area contributed by atoms with Crippen LogP contribution >= 0.6 is 0 Å². The third-order valence-electron chi connectivity index (χ3n) is 2.65. The molecule has 4 heteroatoms. The lowest BCUT2D eigenvalue weighted by Gasteiger charge is -2.20. The number of carbonyl (C=O) groups is 2. The highest BCUT2D eigenvalue weighted by Crippen LogP contribution is 2.38. The van der Waals surface area contributed by atoms with E-state index in [1.807, 2.05) is 0 Å². The van der Waals surface area contributed by atoms with Crippen LogP contribution < -0.4 is 9.47 Å². The van der Waals surface area contributed by atoms with Crippen LogP contribution in [-0.2, 0) is 11.2 Å². The van der Waals surface area contributed by atoms with E-state index in [9.17, 15) is 9.59 Å². The average molecular weight is 204 g/mol. The third kappa shape index (κ3) is 1.08. The second-order valence-electron chi connectivity index (χ2n) is 3.54. The highest BCUT2D eigenvalue weighted by Gasteiger charge is 2.33. The molecule has 1 heterocycles. The first-order valence-corrected chi connectivity index (χ1v) is 4.76. The minimum atomic E-state index is -0.415. The fourth-order valence-electron chi connectivity index (χ4n) is 1.95. The van der Waals surface area contributed by atoms with Crippen molar-refractivity contribution in [3.8, 4) is 11.5 Å². The topological polar surface area (TPSA) is 52.6 Å². The zero-order chi connectivity index (χ0) is 10.4. The fourth-order valence-corrected chi connectivity index (χ4v) is 1.95. The van der Waals surface area contributed by atoms with E-state index in [0.717, 1.165) is 0 Å². The van der Waals surface area contributed by atoms with Crippen molar-refractivity contribution in [2.45, 2.75) is 6.42 Å². The van der Waals surface area contributed by atoms with Gasteiger partial charge in [-0.15, -0.1) is 0 Å². The van der Waals surface area contributed by atoms with Crippen LogP contribution in [0.2, 0.25) is 0 Å². The van der Waals surface area contributed by atoms with Crippen molar-refractivity contribution in [3.05, 3.63) is 23.3 Å². The number of hydrogen-bond acceptors (Lipinski definition) is 4. The van der Waals surface area contributed by atoms with Gasteiger partial charge >= 0.3 is 0 Å². The van der Waals surface area contributed by atoms with Gasteiger partial charge in [0.1, 0.15) is 13.2 Å². The standard InChI is InChI=1S/C11H8O4/c12-8-5-7-6(10(8)13)1-2-9-11(7)15-4-3-14-9/h1-2H,3-5H2. The SMILES string of the molecule is O=C1Cc2c(ccc3c2OCCO3)C1=O. The van der Waals surface area contributed by atoms with Crippen LogP contribution in [0.1, 0.15) is 15.9 Å². The lowest BCUT2D eigenvalue weighted by atomic mass is 10.1. The second-order valence-corrected chi connectivity index (χ2v) is 3.54. The molecule has 2 aliphatic rings. The fraction of sp³-hybridized carbons (Fsp3) is 0.273. The Kier molecular flexibility index (Phi) is 1.59. The number of hydrogen-bond donors (Lipinski definition) is 0. The molecule has 76 valence electrons. The molecular formula is C11H8O4. The van der Waals surface area contributed by atoms with Crippen molar-refractivity contribution in [3.63, 3.8) is 0 Å². The molecule has 0 radical (unpaired) electrons. The Labute approximate surface area is 85.8 Å². The van der Waals surface area contributed by atoms with Gasteiger partial charge in [0, 0.05) is 17.5 Å². The van der Waals surface area contributed by atoms with E-state index < -0.39 is 5.78 Å². The molecule has 0 saturated carbocycles. The molecule has 1 aliphatic heterocycles. The van der Waals surface area contributed by atoms with Crippen LogP contribution in [0.5, 0.6) is 11.5 Å². The largest absolute Gasteiger partial charge is 0.486 e. The molecule has 0 aromatic heterocycles. The molecule has 3 rings (SSSR count). The summed E-state index contributed by atoms with van der Waals surface area (Å²) in [5.41, 5.74) is 1.14. The molecule has 0 amide bonds. The number of ether oxygens (including phenoxy) is 2. The number of rotatable bonds is 0. The molecule has 0 N–H and O–H groups in total. The third-order valence-corrected chi connectivity index (χ3v) is 2.65. The number of Topliss-reactive ketones (excluding diaryl/α,β-unsaturated/α-hetero) is 2. The summed E-state index contributed by atoms with van der Waals surface area (Å²) < 4.78 is 10.8. The van der Waals surface area contributed by atoms with Crippen LogP contribution in [0.4, 0.5) is 0 Å². The van der Waals surface area contributed by atoms with Gasteiger partial charge in [-0.05, 0) is 12.1 Å². The van der Waals surface area contributed by atoms with Crippen molar-refractivity contribution in [2.24, 2.45) is 0 Å². The van der Waals surface area contributed by atoms with E-state index in [1.165, 1.54) is 0 Å². The highest BCUT2D eigenvalue weighted by atomic mass is 16.6. The quantitative estimate of drug-likeness (QED) is 0.585. The molecule has 0 atom stereocenters. The zero-order valence-electron chi connectivity index (χ0n) is 7.91. The summed E-state index contributed by atoms with van der Waals surface area (Å²) in [6, 6.07) is 3.32. The first-order valence-electron chi connectivity index (χ1n) is 4.76. The number of ketones is 2. The van der Waals surface area contributed by atoms with E-state index in [1.54, 1.807) is 12.1 Å². The summed E-state index contributed by atoms with van der Waals surface area (Å²) in [5.74, 6) is 0.412. The Morgan fingerprint density at radius 3 is 2.73 bits per heavy atom. The van der Waals surface area contributed by atoms with Gasteiger partial charge in [-0.1, -0.05) is 0 Å². The minimum absolute atomic E-state index is 0.140. The molecule has 1 aromatic rings. The van der Waals surface area contributed by atoms with Crippen LogP contribution in [0.3, 0.4) is 0 Å². The molecule has 4 nitrogen and oxygen atoms in total. The maximum Gasteiger partial charge on any atom is 0.229 e. The molecule has 1 aliphatic carbocycles. The lowest BCUT2D eigenvalue weighted by molar-refractivity contribution is -0.114. The van der Waals surface area contributed by atoms with Gasteiger partial charge < -0.3 is 9.47 Å². The van der Waals surface area contributed by atoms with E-state index in [0.29, 0.717) is 35.8 Å². The lowest BCUT2D eigenvalue weighted by Crippen LogP contribution is -2.16. The Morgan fingerprint density at radius 1 is 1.07 bits per heavy atom. The predicted molar refractivity (Wildman–Crippen MR) is 50.5 cm³/mol. The van der Waals surface area contributed by atoms with E-state index in [4.69, 9.17) is 9.47 Å². The zero-order valence-corrected chi connectivity index (χ0v) is 7.91. The van der Waals surface area contributed by atoms with E-state index in [-0.39, 0.29) is 12.2 Å². The van der Waals surface area contributed by atoms with E-state index >= 15 is 0 Å². The Morgan fingerprint density at radius 2 is 1.87 bits per heavy atom. The van der Waals surface area contributed by atoms with Crippen molar-refractivity contribution < 1.29 is 19.1 Å². The van der Waals surface area contributed by atoms with Gasteiger partial charge in [0.25, 0.3) is 0 Å². The molecule has 0 spiro atoms. The second kappa shape index (κ2) is 2.82. The van der Waals surface area contributed by atoms with Crippen LogP contribution in [0.25, 0.3) is 0 Å². The van der Waals surface area contributed by atoms with Gasteiger partial charge in [0.2, 0.25) is 11.6 Å². The maximum atomic E-state index is 11.4. The number of fused-ring (bicyclic) bond motifs is 3. The molecule has 0 unspecified atom stereocenters. The van der Waals surface area contributed by atoms with Crippen LogP contribution in [-0.4, -0.2) is 24.8 Å². The van der Waals surface area contributed by atoms with Crippen molar-refractivity contribution in [1.82, 2.24) is 0 Å². The maximum absolute atomic E-state index is 11.4. The highest BCUT2D eigenvalue weighted by molar-refractivity contribution is 6.47. The van der Waals surface area contributed by atoms with Gasteiger partial charge in [-0.25, -0.2) is 0 Å². The Bertz CT molecular complexity index is 476. The summed E-state index contributed by atoms with van der Waals surface area (Å²) in [4.78, 5) is 22.7. The Hall–Kier alpha value is -1.84. The van der Waals surface area contributed by atoms with Crippen LogP contribution in [0, 0.1) is 0 Å². The predicted octanol–water partition coefficient (Wildman–Crippen LogP) is 0.766. The first kappa shape index (κ1) is 8.47. The van der Waals surface area contributed by atoms with E-state index in [2.05, 4.69) is 0 Å². The molecule has 0 saturated heterocycles. The Balaban J connectivity index is 2.21. The van der Waals surface area contributed by atoms with Crippen LogP contribution in [0.15, 0.2) is 12.1 Å². The summed E-state index contributed by atoms with van der Waals surface area (Å²) in [6.07, 6.45) is 0.140. The molecule has 15 heavy (non-hydrogen) atoms. The molecule has 0 bridgehead atoms. The minimum Gasteiger partial charge on any atom is -0.486 e. The summed E-state index contributed by atoms with van der Waals surface area (Å²) in [7, 11) is 0. The van der Waals surface area contributed by atoms with Gasteiger partial charge in [-0.3, -0.25) is 9.59 Å². The van der Waals surface area contributed by atoms with Crippen molar-refractivity contribution >= 4 is 11.6 Å². The summed E-state index contributed by atoms with van der Waals surface area (Å²) >= 11 is 0. The smallest absolute Gasteiger partial charge is 0.229 e. The molecular weight excluding hydrogens is 196 g/mol. The van der Waals surface area contributed by atoms with Gasteiger partial charge in [0.15, 0.2) is 11.5 Å². The average Bonchev–Trinajstić information content (AvgIpc) is 2.56. The molecule has 0 fully saturated rings. The number of benzene rings is 1. The van der Waals surface area contributed by atoms with Crippen molar-refractivity contribution in [1.29, 1.82) is 0 Å². The number of carbonyl (C=O) groups excluding carboxylic acids is 2. The van der Waals surface area contributed by atoms with Gasteiger partial charge in [-0.2, -0.15) is 0 Å². The van der Waals surface area contributed by atoms with Gasteiger partial charge in [0.05, 0.1) is 0 Å². The summed E-state index contributed by atoms with van der Waals surface area (Å²) in [6.45, 7) is 0.972. The normalized spacial score (nSPS) is 17.9. The monoisotopic (exact) mass is 204 g/mol. The molecule has 1 aromatic carbocycles. The van der Waals surface area contributed by atoms with Crippen molar-refractivity contribution in [2.75, 3.05) is 13.2 Å². The summed E-state index contributed by atoms with van der Waals surface area (Å²) in [5, 5.41) is 0.